The first kappa shape index (κ1) is 12.3. The Hall–Kier alpha value is 0.270. The molecular formula is C7H19O4P. The van der Waals surface area contributed by atoms with E-state index in [1.54, 1.807) is 6.92 Å². The molecule has 0 aromatic heterocycles. The molecule has 1 atom stereocenters. The Morgan fingerprint density at radius 1 is 1.25 bits per heavy atom. The van der Waals surface area contributed by atoms with Crippen molar-refractivity contribution in [3.63, 3.8) is 0 Å². The standard InChI is InChI=1S/C7H19O4P/c1-5-6(2)12(8,9)7(10-3)11-4/h6-9,12H,5H2,1-4H3. The predicted molar refractivity (Wildman–Crippen MR) is 50.3 cm³/mol. The second-order valence-corrected chi connectivity index (χ2v) is 5.92. The van der Waals surface area contributed by atoms with Gasteiger partial charge in [-0.05, 0) is 0 Å². The summed E-state index contributed by atoms with van der Waals surface area (Å²) in [5.41, 5.74) is -0.151. The van der Waals surface area contributed by atoms with Crippen LogP contribution in [0.1, 0.15) is 20.3 Å². The minimum absolute atomic E-state index is 0.151. The molecule has 0 spiro atoms. The Morgan fingerprint density at radius 3 is 1.92 bits per heavy atom. The number of ether oxygens (including phenoxy) is 2. The van der Waals surface area contributed by atoms with E-state index >= 15 is 0 Å². The van der Waals surface area contributed by atoms with E-state index in [4.69, 9.17) is 9.47 Å². The van der Waals surface area contributed by atoms with Crippen LogP contribution in [0.5, 0.6) is 0 Å². The first-order chi connectivity index (χ1) is 5.50. The minimum atomic E-state index is -3.38. The molecule has 0 amide bonds. The van der Waals surface area contributed by atoms with Crippen LogP contribution >= 0.6 is 7.72 Å². The molecule has 0 radical (unpaired) electrons. The predicted octanol–water partition coefficient (Wildman–Crippen LogP) is 0.926. The normalized spacial score (nSPS) is 16.6. The van der Waals surface area contributed by atoms with Gasteiger partial charge in [-0.15, -0.1) is 0 Å². The Kier molecular flexibility index (Phi) is 5.21. The van der Waals surface area contributed by atoms with Gasteiger partial charge in [-0.3, -0.25) is 0 Å². The summed E-state index contributed by atoms with van der Waals surface area (Å²) in [6, 6.07) is -0.854. The molecule has 76 valence electrons. The molecule has 0 aliphatic heterocycles. The fourth-order valence-corrected chi connectivity index (χ4v) is 2.74. The zero-order valence-corrected chi connectivity index (χ0v) is 9.07. The molecule has 12 heavy (non-hydrogen) atoms. The number of rotatable bonds is 5. The maximum atomic E-state index is 9.69. The fraction of sp³-hybridized carbons (Fsp3) is 1.00. The summed E-state index contributed by atoms with van der Waals surface area (Å²) in [7, 11) is -0.566. The molecular weight excluding hydrogens is 179 g/mol. The fourth-order valence-electron chi connectivity index (χ4n) is 0.976. The van der Waals surface area contributed by atoms with Gasteiger partial charge < -0.3 is 0 Å². The molecule has 0 aliphatic carbocycles. The second-order valence-electron chi connectivity index (χ2n) is 2.90. The summed E-state index contributed by atoms with van der Waals surface area (Å²) in [4.78, 5) is 19.4. The molecule has 0 saturated heterocycles. The summed E-state index contributed by atoms with van der Waals surface area (Å²) in [5, 5.41) is 0. The monoisotopic (exact) mass is 198 g/mol. The van der Waals surface area contributed by atoms with E-state index in [9.17, 15) is 9.79 Å². The van der Waals surface area contributed by atoms with Crippen molar-refractivity contribution >= 4 is 7.72 Å². The van der Waals surface area contributed by atoms with Crippen LogP contribution in [0.15, 0.2) is 0 Å². The van der Waals surface area contributed by atoms with Crippen molar-refractivity contribution in [3.05, 3.63) is 0 Å². The van der Waals surface area contributed by atoms with Crippen molar-refractivity contribution in [2.75, 3.05) is 14.2 Å². The van der Waals surface area contributed by atoms with Gasteiger partial charge in [0.2, 0.25) is 0 Å². The molecule has 5 heteroatoms. The molecule has 2 N–H and O–H groups in total. The van der Waals surface area contributed by atoms with Crippen LogP contribution in [0.3, 0.4) is 0 Å². The molecule has 0 heterocycles. The van der Waals surface area contributed by atoms with Crippen LogP contribution in [0, 0.1) is 0 Å². The first-order valence-corrected chi connectivity index (χ1v) is 6.05. The quantitative estimate of drug-likeness (QED) is 0.509. The Labute approximate surface area is 74.0 Å². The molecule has 4 nitrogen and oxygen atoms in total. The van der Waals surface area contributed by atoms with Gasteiger partial charge in [-0.1, -0.05) is 0 Å². The molecule has 0 saturated carbocycles. The SMILES string of the molecule is CCC(C)[PH](O)(O)C(OC)OC. The van der Waals surface area contributed by atoms with E-state index in [2.05, 4.69) is 0 Å². The Balaban J connectivity index is 4.33. The van der Waals surface area contributed by atoms with Crippen LogP contribution in [-0.4, -0.2) is 35.7 Å². The maximum absolute atomic E-state index is 9.69. The van der Waals surface area contributed by atoms with E-state index < -0.39 is 13.7 Å². The molecule has 0 fully saturated rings. The summed E-state index contributed by atoms with van der Waals surface area (Å²) in [5.74, 6) is 0. The summed E-state index contributed by atoms with van der Waals surface area (Å²) < 4.78 is 9.65. The van der Waals surface area contributed by atoms with E-state index in [1.807, 2.05) is 6.92 Å². The van der Waals surface area contributed by atoms with Gasteiger partial charge in [-0.2, -0.15) is 0 Å². The number of methoxy groups -OCH3 is 2. The van der Waals surface area contributed by atoms with Crippen LogP contribution in [0.25, 0.3) is 0 Å². The van der Waals surface area contributed by atoms with E-state index in [0.29, 0.717) is 6.42 Å². The molecule has 0 aromatic carbocycles. The van der Waals surface area contributed by atoms with Gasteiger partial charge in [-0.25, -0.2) is 0 Å². The van der Waals surface area contributed by atoms with Crippen LogP contribution in [0.4, 0.5) is 0 Å². The Bertz CT molecular complexity index is 125. The van der Waals surface area contributed by atoms with Gasteiger partial charge in [0.15, 0.2) is 0 Å². The average Bonchev–Trinajstić information content (AvgIpc) is 2.04. The van der Waals surface area contributed by atoms with Crippen molar-refractivity contribution in [3.8, 4) is 0 Å². The summed E-state index contributed by atoms with van der Waals surface area (Å²) in [6.45, 7) is 3.69. The molecule has 0 aliphatic rings. The molecule has 0 aromatic rings. The third-order valence-electron chi connectivity index (χ3n) is 2.11. The topological polar surface area (TPSA) is 58.9 Å². The first-order valence-electron chi connectivity index (χ1n) is 4.01. The molecule has 0 bridgehead atoms. The summed E-state index contributed by atoms with van der Waals surface area (Å²) >= 11 is 0. The summed E-state index contributed by atoms with van der Waals surface area (Å²) in [6.07, 6.45) is 0.711. The van der Waals surface area contributed by atoms with Crippen LogP contribution in [0.2, 0.25) is 0 Å². The van der Waals surface area contributed by atoms with Gasteiger partial charge in [0.25, 0.3) is 0 Å². The Morgan fingerprint density at radius 2 is 1.67 bits per heavy atom. The van der Waals surface area contributed by atoms with Crippen LogP contribution in [-0.2, 0) is 9.47 Å². The zero-order chi connectivity index (χ0) is 9.78. The number of hydrogen-bond donors (Lipinski definition) is 2. The van der Waals surface area contributed by atoms with Gasteiger partial charge in [0.1, 0.15) is 0 Å². The van der Waals surface area contributed by atoms with Crippen molar-refractivity contribution < 1.29 is 19.3 Å². The van der Waals surface area contributed by atoms with Gasteiger partial charge in [0, 0.05) is 0 Å². The average molecular weight is 198 g/mol. The van der Waals surface area contributed by atoms with E-state index in [-0.39, 0.29) is 5.66 Å². The van der Waals surface area contributed by atoms with Crippen molar-refractivity contribution in [2.45, 2.75) is 32.0 Å². The van der Waals surface area contributed by atoms with E-state index in [0.717, 1.165) is 0 Å². The molecule has 0 rings (SSSR count). The van der Waals surface area contributed by atoms with Gasteiger partial charge in [0.05, 0.1) is 0 Å². The third kappa shape index (κ3) is 2.64. The third-order valence-corrected chi connectivity index (χ3v) is 5.14. The van der Waals surface area contributed by atoms with Gasteiger partial charge >= 0.3 is 73.2 Å². The number of hydrogen-bond acceptors (Lipinski definition) is 4. The second kappa shape index (κ2) is 5.10. The van der Waals surface area contributed by atoms with Crippen molar-refractivity contribution in [1.82, 2.24) is 0 Å². The van der Waals surface area contributed by atoms with Crippen molar-refractivity contribution in [1.29, 1.82) is 0 Å². The van der Waals surface area contributed by atoms with E-state index in [1.165, 1.54) is 14.2 Å². The van der Waals surface area contributed by atoms with Crippen molar-refractivity contribution in [2.24, 2.45) is 0 Å². The molecule has 1 unspecified atom stereocenters. The van der Waals surface area contributed by atoms with Crippen LogP contribution < -0.4 is 0 Å². The zero-order valence-electron chi connectivity index (χ0n) is 8.07.